The summed E-state index contributed by atoms with van der Waals surface area (Å²) >= 11 is 0. The van der Waals surface area contributed by atoms with E-state index in [0.717, 1.165) is 25.7 Å². The number of rotatable bonds is 2. The van der Waals surface area contributed by atoms with Crippen molar-refractivity contribution in [3.8, 4) is 0 Å². The second-order valence-electron chi connectivity index (χ2n) is 6.59. The van der Waals surface area contributed by atoms with Crippen LogP contribution in [0.25, 0.3) is 0 Å². The predicted octanol–water partition coefficient (Wildman–Crippen LogP) is 1.89. The fraction of sp³-hybridized carbons (Fsp3) is 0.929. The van der Waals surface area contributed by atoms with Crippen molar-refractivity contribution >= 4 is 6.09 Å². The third-order valence-corrected chi connectivity index (χ3v) is 3.76. The Morgan fingerprint density at radius 3 is 2.37 bits per heavy atom. The van der Waals surface area contributed by atoms with E-state index in [9.17, 15) is 4.79 Å². The lowest BCUT2D eigenvalue weighted by Gasteiger charge is -2.45. The number of hydrogen-bond acceptors (Lipinski definition) is 4. The Hall–Kier alpha value is -0.810. The molecule has 2 atom stereocenters. The van der Waals surface area contributed by atoms with Crippen LogP contribution in [0.15, 0.2) is 0 Å². The van der Waals surface area contributed by atoms with Crippen molar-refractivity contribution in [2.24, 2.45) is 5.73 Å². The Labute approximate surface area is 115 Å². The predicted molar refractivity (Wildman–Crippen MR) is 72.9 cm³/mol. The van der Waals surface area contributed by atoms with Crippen molar-refractivity contribution in [3.63, 3.8) is 0 Å². The van der Waals surface area contributed by atoms with Gasteiger partial charge in [0.25, 0.3) is 0 Å². The second-order valence-corrected chi connectivity index (χ2v) is 6.59. The van der Waals surface area contributed by atoms with E-state index in [4.69, 9.17) is 15.2 Å². The van der Waals surface area contributed by atoms with Gasteiger partial charge in [-0.15, -0.1) is 0 Å². The molecule has 1 amide bonds. The zero-order valence-corrected chi connectivity index (χ0v) is 12.2. The van der Waals surface area contributed by atoms with Gasteiger partial charge in [-0.05, 0) is 33.6 Å². The first-order chi connectivity index (χ1) is 8.88. The van der Waals surface area contributed by atoms with Crippen molar-refractivity contribution in [1.29, 1.82) is 0 Å². The van der Waals surface area contributed by atoms with Crippen molar-refractivity contribution in [1.82, 2.24) is 4.90 Å². The van der Waals surface area contributed by atoms with E-state index in [1.165, 1.54) is 0 Å². The highest BCUT2D eigenvalue weighted by molar-refractivity contribution is 5.69. The van der Waals surface area contributed by atoms with Crippen LogP contribution in [-0.4, -0.2) is 47.9 Å². The van der Waals surface area contributed by atoms with Crippen LogP contribution in [0.4, 0.5) is 4.79 Å². The second kappa shape index (κ2) is 5.67. The van der Waals surface area contributed by atoms with Gasteiger partial charge in [-0.3, -0.25) is 4.90 Å². The molecule has 0 bridgehead atoms. The molecule has 1 heterocycles. The average molecular weight is 270 g/mol. The molecule has 1 saturated heterocycles. The molecule has 2 fully saturated rings. The van der Waals surface area contributed by atoms with Crippen LogP contribution >= 0.6 is 0 Å². The molecule has 2 aliphatic rings. The number of carbonyl (C=O) groups is 1. The molecule has 0 spiro atoms. The van der Waals surface area contributed by atoms with Gasteiger partial charge < -0.3 is 15.2 Å². The Kier molecular flexibility index (Phi) is 4.36. The molecule has 0 aromatic heterocycles. The van der Waals surface area contributed by atoms with Gasteiger partial charge in [-0.2, -0.15) is 0 Å². The molecule has 110 valence electrons. The van der Waals surface area contributed by atoms with E-state index < -0.39 is 5.60 Å². The minimum Gasteiger partial charge on any atom is -0.444 e. The highest BCUT2D eigenvalue weighted by atomic mass is 16.6. The summed E-state index contributed by atoms with van der Waals surface area (Å²) in [4.78, 5) is 14.3. The molecular weight excluding hydrogens is 244 g/mol. The van der Waals surface area contributed by atoms with Crippen LogP contribution in [0, 0.1) is 0 Å². The maximum Gasteiger partial charge on any atom is 0.411 e. The summed E-state index contributed by atoms with van der Waals surface area (Å²) in [5.74, 6) is 0. The van der Waals surface area contributed by atoms with Gasteiger partial charge in [0, 0.05) is 6.04 Å². The van der Waals surface area contributed by atoms with Crippen LogP contribution in [0.3, 0.4) is 0 Å². The summed E-state index contributed by atoms with van der Waals surface area (Å²) in [5, 5.41) is 0. The van der Waals surface area contributed by atoms with Gasteiger partial charge in [0.1, 0.15) is 5.60 Å². The van der Waals surface area contributed by atoms with Gasteiger partial charge in [0.15, 0.2) is 0 Å². The summed E-state index contributed by atoms with van der Waals surface area (Å²) in [7, 11) is 0. The first kappa shape index (κ1) is 14.6. The topological polar surface area (TPSA) is 64.8 Å². The molecule has 0 aromatic carbocycles. The number of hydrogen-bond donors (Lipinski definition) is 1. The first-order valence-electron chi connectivity index (χ1n) is 7.23. The fourth-order valence-electron chi connectivity index (χ4n) is 2.74. The van der Waals surface area contributed by atoms with Crippen LogP contribution in [0.1, 0.15) is 46.5 Å². The molecule has 5 heteroatoms. The average Bonchev–Trinajstić information content (AvgIpc) is 2.21. The quantitative estimate of drug-likeness (QED) is 0.832. The minimum atomic E-state index is -0.474. The first-order valence-corrected chi connectivity index (χ1v) is 7.23. The third-order valence-electron chi connectivity index (χ3n) is 3.76. The van der Waals surface area contributed by atoms with E-state index >= 15 is 0 Å². The van der Waals surface area contributed by atoms with E-state index in [0.29, 0.717) is 13.2 Å². The number of amides is 1. The maximum atomic E-state index is 12.4. The molecule has 0 radical (unpaired) electrons. The Balaban J connectivity index is 2.08. The summed E-state index contributed by atoms with van der Waals surface area (Å²) in [5.41, 5.74) is 5.73. The standard InChI is InChI=1S/C14H26N2O3/c1-14(2,3)19-13(17)16(10-8-18-9-10)12-7-5-4-6-11(12)15/h10-12H,4-9,15H2,1-3H3. The maximum absolute atomic E-state index is 12.4. The minimum absolute atomic E-state index is 0.0573. The molecule has 2 rings (SSSR count). The SMILES string of the molecule is CC(C)(C)OC(=O)N(C1COC1)C1CCCCC1N. The van der Waals surface area contributed by atoms with Crippen LogP contribution in [-0.2, 0) is 9.47 Å². The zero-order valence-electron chi connectivity index (χ0n) is 12.2. The highest BCUT2D eigenvalue weighted by Gasteiger charge is 2.40. The Morgan fingerprint density at radius 2 is 1.89 bits per heavy atom. The lowest BCUT2D eigenvalue weighted by molar-refractivity contribution is -0.0886. The normalized spacial score (nSPS) is 28.6. The van der Waals surface area contributed by atoms with Gasteiger partial charge in [0.05, 0.1) is 25.3 Å². The Morgan fingerprint density at radius 1 is 1.26 bits per heavy atom. The van der Waals surface area contributed by atoms with Crippen molar-refractivity contribution < 1.29 is 14.3 Å². The van der Waals surface area contributed by atoms with E-state index in [2.05, 4.69) is 0 Å². The summed E-state index contributed by atoms with van der Waals surface area (Å²) in [6.45, 7) is 6.87. The van der Waals surface area contributed by atoms with Gasteiger partial charge >= 0.3 is 6.09 Å². The fourth-order valence-corrected chi connectivity index (χ4v) is 2.74. The molecule has 2 N–H and O–H groups in total. The van der Waals surface area contributed by atoms with E-state index in [1.807, 2.05) is 25.7 Å². The molecule has 1 saturated carbocycles. The molecule has 5 nitrogen and oxygen atoms in total. The van der Waals surface area contributed by atoms with E-state index in [-0.39, 0.29) is 24.2 Å². The van der Waals surface area contributed by atoms with Crippen LogP contribution in [0.5, 0.6) is 0 Å². The lowest BCUT2D eigenvalue weighted by Crippen LogP contribution is -2.61. The van der Waals surface area contributed by atoms with Crippen LogP contribution in [0.2, 0.25) is 0 Å². The van der Waals surface area contributed by atoms with Crippen molar-refractivity contribution in [2.45, 2.75) is 70.2 Å². The molecule has 2 unspecified atom stereocenters. The van der Waals surface area contributed by atoms with Gasteiger partial charge in [0.2, 0.25) is 0 Å². The smallest absolute Gasteiger partial charge is 0.411 e. The highest BCUT2D eigenvalue weighted by Crippen LogP contribution is 2.27. The molecular formula is C14H26N2O3. The monoisotopic (exact) mass is 270 g/mol. The molecule has 19 heavy (non-hydrogen) atoms. The summed E-state index contributed by atoms with van der Waals surface area (Å²) in [6.07, 6.45) is 3.99. The molecule has 1 aliphatic heterocycles. The molecule has 1 aliphatic carbocycles. The zero-order chi connectivity index (χ0) is 14.0. The number of carbonyl (C=O) groups excluding carboxylic acids is 1. The third kappa shape index (κ3) is 3.60. The van der Waals surface area contributed by atoms with Gasteiger partial charge in [-0.1, -0.05) is 12.8 Å². The van der Waals surface area contributed by atoms with Crippen LogP contribution < -0.4 is 5.73 Å². The summed E-state index contributed by atoms with van der Waals surface area (Å²) in [6, 6.07) is 0.281. The van der Waals surface area contributed by atoms with Gasteiger partial charge in [-0.25, -0.2) is 4.79 Å². The van der Waals surface area contributed by atoms with E-state index in [1.54, 1.807) is 0 Å². The summed E-state index contributed by atoms with van der Waals surface area (Å²) < 4.78 is 10.8. The largest absolute Gasteiger partial charge is 0.444 e. The lowest BCUT2D eigenvalue weighted by atomic mass is 9.89. The number of nitrogens with zero attached hydrogens (tertiary/aromatic N) is 1. The molecule has 0 aromatic rings. The number of ether oxygens (including phenoxy) is 2. The van der Waals surface area contributed by atoms with Crippen molar-refractivity contribution in [3.05, 3.63) is 0 Å². The van der Waals surface area contributed by atoms with Crippen molar-refractivity contribution in [2.75, 3.05) is 13.2 Å². The Bertz CT molecular complexity index is 323. The number of nitrogens with two attached hydrogens (primary N) is 1.